The molecule has 1 amide bonds. The molecule has 2 aromatic rings. The summed E-state index contributed by atoms with van der Waals surface area (Å²) in [6.45, 7) is 0.0510. The van der Waals surface area contributed by atoms with Gasteiger partial charge in [-0.15, -0.1) is 0 Å². The molecule has 0 unspecified atom stereocenters. The quantitative estimate of drug-likeness (QED) is 0.841. The first kappa shape index (κ1) is 18.3. The maximum absolute atomic E-state index is 12.9. The monoisotopic (exact) mass is 385 g/mol. The molecule has 0 aliphatic carbocycles. The first-order valence-corrected chi connectivity index (χ1v) is 8.69. The second-order valence-electron chi connectivity index (χ2n) is 6.40. The van der Waals surface area contributed by atoms with E-state index in [-0.39, 0.29) is 13.2 Å². The van der Waals surface area contributed by atoms with Crippen molar-refractivity contribution in [3.05, 3.63) is 42.0 Å². The van der Waals surface area contributed by atoms with Crippen LogP contribution in [0.15, 0.2) is 36.4 Å². The third-order valence-electron chi connectivity index (χ3n) is 4.87. The molecule has 1 spiro atoms. The van der Waals surface area contributed by atoms with Crippen molar-refractivity contribution in [2.45, 2.75) is 5.79 Å². The molecule has 2 aliphatic rings. The van der Waals surface area contributed by atoms with Gasteiger partial charge in [0.2, 0.25) is 0 Å². The summed E-state index contributed by atoms with van der Waals surface area (Å²) in [7, 11) is 3.12. The number of rotatable bonds is 5. The first-order valence-electron chi connectivity index (χ1n) is 8.69. The van der Waals surface area contributed by atoms with Gasteiger partial charge in [-0.3, -0.25) is 14.5 Å². The SMILES string of the molecule is COc1ccc(-c2ccc3c(c2)C2(OCCO2)C(=O)N3CC(=O)O)cc1OC. The number of hydrogen-bond donors (Lipinski definition) is 1. The van der Waals surface area contributed by atoms with Crippen molar-refractivity contribution in [3.63, 3.8) is 0 Å². The van der Waals surface area contributed by atoms with Gasteiger partial charge < -0.3 is 24.1 Å². The van der Waals surface area contributed by atoms with Crippen molar-refractivity contribution in [1.82, 2.24) is 0 Å². The zero-order valence-corrected chi connectivity index (χ0v) is 15.4. The van der Waals surface area contributed by atoms with E-state index in [2.05, 4.69) is 0 Å². The van der Waals surface area contributed by atoms with Gasteiger partial charge in [0.25, 0.3) is 11.7 Å². The number of carboxylic acid groups (broad SMARTS) is 1. The number of ether oxygens (including phenoxy) is 4. The van der Waals surface area contributed by atoms with E-state index in [1.165, 1.54) is 4.90 Å². The van der Waals surface area contributed by atoms with Crippen molar-refractivity contribution in [2.24, 2.45) is 0 Å². The molecule has 8 nitrogen and oxygen atoms in total. The first-order chi connectivity index (χ1) is 13.5. The van der Waals surface area contributed by atoms with Gasteiger partial charge in [0, 0.05) is 5.56 Å². The van der Waals surface area contributed by atoms with Crippen LogP contribution in [0.1, 0.15) is 5.56 Å². The van der Waals surface area contributed by atoms with Gasteiger partial charge in [-0.1, -0.05) is 12.1 Å². The van der Waals surface area contributed by atoms with Crippen LogP contribution in [0.25, 0.3) is 11.1 Å². The number of benzene rings is 2. The van der Waals surface area contributed by atoms with Crippen LogP contribution in [-0.2, 0) is 24.8 Å². The van der Waals surface area contributed by atoms with E-state index in [4.69, 9.17) is 18.9 Å². The highest BCUT2D eigenvalue weighted by Gasteiger charge is 2.56. The van der Waals surface area contributed by atoms with Crippen molar-refractivity contribution in [3.8, 4) is 22.6 Å². The predicted octanol–water partition coefficient (Wildman–Crippen LogP) is 2.00. The molecule has 0 atom stereocenters. The lowest BCUT2D eigenvalue weighted by Gasteiger charge is -2.21. The Morgan fingerprint density at radius 2 is 1.71 bits per heavy atom. The second kappa shape index (κ2) is 6.81. The zero-order valence-electron chi connectivity index (χ0n) is 15.4. The van der Waals surface area contributed by atoms with Gasteiger partial charge >= 0.3 is 5.97 Å². The summed E-state index contributed by atoms with van der Waals surface area (Å²) in [6, 6.07) is 10.8. The zero-order chi connectivity index (χ0) is 19.9. The fourth-order valence-electron chi connectivity index (χ4n) is 3.62. The highest BCUT2D eigenvalue weighted by molar-refractivity contribution is 6.08. The molecular weight excluding hydrogens is 366 g/mol. The fourth-order valence-corrected chi connectivity index (χ4v) is 3.62. The molecule has 0 aromatic heterocycles. The molecule has 8 heteroatoms. The Kier molecular flexibility index (Phi) is 4.44. The maximum Gasteiger partial charge on any atom is 0.323 e. The topological polar surface area (TPSA) is 94.5 Å². The van der Waals surface area contributed by atoms with E-state index in [9.17, 15) is 14.7 Å². The molecule has 2 aromatic carbocycles. The fraction of sp³-hybridized carbons (Fsp3) is 0.300. The summed E-state index contributed by atoms with van der Waals surface area (Å²) < 4.78 is 22.0. The highest BCUT2D eigenvalue weighted by Crippen LogP contribution is 2.47. The maximum atomic E-state index is 12.9. The Hall–Kier alpha value is -3.10. The minimum Gasteiger partial charge on any atom is -0.493 e. The van der Waals surface area contributed by atoms with Crippen molar-refractivity contribution in [1.29, 1.82) is 0 Å². The summed E-state index contributed by atoms with van der Waals surface area (Å²) in [5.74, 6) is -2.04. The van der Waals surface area contributed by atoms with E-state index in [0.717, 1.165) is 11.1 Å². The van der Waals surface area contributed by atoms with Crippen molar-refractivity contribution >= 4 is 17.6 Å². The average molecular weight is 385 g/mol. The largest absolute Gasteiger partial charge is 0.493 e. The number of amides is 1. The summed E-state index contributed by atoms with van der Waals surface area (Å²) in [5, 5.41) is 9.19. The molecule has 0 radical (unpaired) electrons. The Bertz CT molecular complexity index is 950. The van der Waals surface area contributed by atoms with Crippen molar-refractivity contribution in [2.75, 3.05) is 38.9 Å². The summed E-state index contributed by atoms with van der Waals surface area (Å²) in [4.78, 5) is 25.3. The molecule has 1 saturated heterocycles. The van der Waals surface area contributed by atoms with Crippen LogP contribution in [0.4, 0.5) is 5.69 Å². The van der Waals surface area contributed by atoms with Crippen LogP contribution in [0.3, 0.4) is 0 Å². The summed E-state index contributed by atoms with van der Waals surface area (Å²) >= 11 is 0. The molecule has 0 saturated carbocycles. The Morgan fingerprint density at radius 3 is 2.36 bits per heavy atom. The number of methoxy groups -OCH3 is 2. The Morgan fingerprint density at radius 1 is 1.07 bits per heavy atom. The average Bonchev–Trinajstić information content (AvgIpc) is 3.28. The van der Waals surface area contributed by atoms with E-state index >= 15 is 0 Å². The number of carbonyl (C=O) groups excluding carboxylic acids is 1. The third kappa shape index (κ3) is 2.69. The number of hydrogen-bond acceptors (Lipinski definition) is 6. The van der Waals surface area contributed by atoms with Gasteiger partial charge in [-0.05, 0) is 35.4 Å². The molecule has 1 N–H and O–H groups in total. The molecule has 28 heavy (non-hydrogen) atoms. The van der Waals surface area contributed by atoms with Crippen LogP contribution in [0.2, 0.25) is 0 Å². The lowest BCUT2D eigenvalue weighted by Crippen LogP contribution is -2.43. The van der Waals surface area contributed by atoms with Crippen LogP contribution >= 0.6 is 0 Å². The van der Waals surface area contributed by atoms with E-state index in [0.29, 0.717) is 22.7 Å². The van der Waals surface area contributed by atoms with Gasteiger partial charge in [-0.25, -0.2) is 0 Å². The van der Waals surface area contributed by atoms with Crippen LogP contribution in [-0.4, -0.2) is 51.0 Å². The number of aliphatic carboxylic acids is 1. The number of anilines is 1. The van der Waals surface area contributed by atoms with Gasteiger partial charge in [0.1, 0.15) is 6.54 Å². The van der Waals surface area contributed by atoms with Gasteiger partial charge in [0.05, 0.1) is 33.1 Å². The smallest absolute Gasteiger partial charge is 0.323 e. The van der Waals surface area contributed by atoms with E-state index < -0.39 is 24.2 Å². The van der Waals surface area contributed by atoms with Crippen molar-refractivity contribution < 1.29 is 33.6 Å². The minimum atomic E-state index is -1.59. The summed E-state index contributed by atoms with van der Waals surface area (Å²) in [6.07, 6.45) is 0. The highest BCUT2D eigenvalue weighted by atomic mass is 16.7. The normalized spacial score (nSPS) is 17.1. The van der Waals surface area contributed by atoms with Crippen LogP contribution in [0, 0.1) is 0 Å². The Labute approximate surface area is 161 Å². The van der Waals surface area contributed by atoms with Gasteiger partial charge in [0.15, 0.2) is 11.5 Å². The van der Waals surface area contributed by atoms with Crippen LogP contribution < -0.4 is 14.4 Å². The van der Waals surface area contributed by atoms with E-state index in [1.807, 2.05) is 18.2 Å². The number of fused-ring (bicyclic) bond motifs is 2. The molecule has 2 heterocycles. The lowest BCUT2D eigenvalue weighted by molar-refractivity contribution is -0.181. The Balaban J connectivity index is 1.82. The minimum absolute atomic E-state index is 0.257. The number of nitrogens with zero attached hydrogens (tertiary/aromatic N) is 1. The predicted molar refractivity (Wildman–Crippen MR) is 98.6 cm³/mol. The molecule has 2 aliphatic heterocycles. The molecule has 0 bridgehead atoms. The molecule has 1 fully saturated rings. The van der Waals surface area contributed by atoms with E-state index in [1.54, 1.807) is 32.4 Å². The molecular formula is C20H19NO7. The second-order valence-corrected chi connectivity index (χ2v) is 6.40. The molecule has 4 rings (SSSR count). The van der Waals surface area contributed by atoms with Gasteiger partial charge in [-0.2, -0.15) is 0 Å². The van der Waals surface area contributed by atoms with Crippen LogP contribution in [0.5, 0.6) is 11.5 Å². The third-order valence-corrected chi connectivity index (χ3v) is 4.87. The lowest BCUT2D eigenvalue weighted by atomic mass is 9.99. The standard InChI is InChI=1S/C20H19NO7/c1-25-16-6-4-13(10-17(16)26-2)12-3-5-15-14(9-12)20(27-7-8-28-20)19(24)21(15)11-18(22)23/h3-6,9-10H,7-8,11H2,1-2H3,(H,22,23). The number of carboxylic acids is 1. The summed E-state index contributed by atoms with van der Waals surface area (Å²) in [5.41, 5.74) is 2.63. The molecule has 146 valence electrons. The number of carbonyl (C=O) groups is 2.